The number of likely N-dealkylation sites (N-methyl/N-ethyl adjacent to an activating group) is 1. The molecular weight excluding hydrogens is 154 g/mol. The maximum absolute atomic E-state index is 10.9. The molecule has 0 aromatic rings. The lowest BCUT2D eigenvalue weighted by Gasteiger charge is -2.06. The summed E-state index contributed by atoms with van der Waals surface area (Å²) in [5.74, 6) is 0. The summed E-state index contributed by atoms with van der Waals surface area (Å²) in [5, 5.41) is 8.59. The second-order valence-corrected chi connectivity index (χ2v) is 2.54. The molecule has 0 rings (SSSR count). The van der Waals surface area contributed by atoms with Crippen molar-refractivity contribution in [3.05, 3.63) is 0 Å². The van der Waals surface area contributed by atoms with Crippen LogP contribution in [0, 0.1) is 0 Å². The first kappa shape index (κ1) is 11.2. The third-order valence-electron chi connectivity index (χ3n) is 1.37. The van der Waals surface area contributed by atoms with Crippen LogP contribution in [0.3, 0.4) is 0 Å². The van der Waals surface area contributed by atoms with Crippen LogP contribution >= 0.6 is 0 Å². The van der Waals surface area contributed by atoms with Crippen molar-refractivity contribution >= 4 is 6.03 Å². The van der Waals surface area contributed by atoms with Gasteiger partial charge in [0.25, 0.3) is 0 Å². The molecule has 0 saturated heterocycles. The SMILES string of the molecule is CCCNC(=O)NCCNCC.[HH].[HH].[HH]. The van der Waals surface area contributed by atoms with Gasteiger partial charge in [-0.05, 0) is 13.0 Å². The standard InChI is InChI=1S/C8H19N3O.3H2/c1-3-5-10-8(12)11-7-6-9-4-2;;;/h9H,3-7H2,1-2H3,(H2,10,11,12);3*1H. The van der Waals surface area contributed by atoms with E-state index in [0.717, 1.165) is 26.1 Å². The molecule has 3 N–H and O–H groups in total. The van der Waals surface area contributed by atoms with Crippen LogP contribution in [0.15, 0.2) is 0 Å². The highest BCUT2D eigenvalue weighted by Gasteiger charge is 1.95. The molecule has 0 fully saturated rings. The lowest BCUT2D eigenvalue weighted by molar-refractivity contribution is 0.241. The fraction of sp³-hybridized carbons (Fsp3) is 0.875. The summed E-state index contributed by atoms with van der Waals surface area (Å²) in [6, 6.07) is -0.0743. The van der Waals surface area contributed by atoms with Crippen LogP contribution in [0.2, 0.25) is 0 Å². The molecular formula is C8H25N3O. The van der Waals surface area contributed by atoms with Gasteiger partial charge in [-0.1, -0.05) is 13.8 Å². The first-order valence-electron chi connectivity index (χ1n) is 4.53. The molecule has 0 radical (unpaired) electrons. The van der Waals surface area contributed by atoms with E-state index in [4.69, 9.17) is 0 Å². The van der Waals surface area contributed by atoms with E-state index in [1.165, 1.54) is 0 Å². The van der Waals surface area contributed by atoms with E-state index in [9.17, 15) is 4.79 Å². The molecule has 78 valence electrons. The number of nitrogens with one attached hydrogen (secondary N) is 3. The van der Waals surface area contributed by atoms with Gasteiger partial charge in [0.2, 0.25) is 0 Å². The van der Waals surface area contributed by atoms with Gasteiger partial charge in [-0.15, -0.1) is 0 Å². The van der Waals surface area contributed by atoms with Crippen molar-refractivity contribution < 1.29 is 9.07 Å². The van der Waals surface area contributed by atoms with Crippen LogP contribution in [0.5, 0.6) is 0 Å². The van der Waals surface area contributed by atoms with Crippen molar-refractivity contribution in [3.63, 3.8) is 0 Å². The predicted octanol–water partition coefficient (Wildman–Crippen LogP) is 1.04. The average molecular weight is 179 g/mol. The minimum Gasteiger partial charge on any atom is -0.338 e. The second kappa shape index (κ2) is 8.33. The van der Waals surface area contributed by atoms with Gasteiger partial charge in [-0.3, -0.25) is 0 Å². The highest BCUT2D eigenvalue weighted by molar-refractivity contribution is 5.73. The number of carbonyl (C=O) groups excluding carboxylic acids is 1. The third kappa shape index (κ3) is 7.34. The van der Waals surface area contributed by atoms with Crippen molar-refractivity contribution in [1.29, 1.82) is 0 Å². The molecule has 0 aliphatic carbocycles. The summed E-state index contributed by atoms with van der Waals surface area (Å²) in [4.78, 5) is 10.9. The first-order chi connectivity index (χ1) is 5.81. The van der Waals surface area contributed by atoms with E-state index in [1.54, 1.807) is 0 Å². The largest absolute Gasteiger partial charge is 0.338 e. The number of hydrogen-bond donors (Lipinski definition) is 3. The van der Waals surface area contributed by atoms with Crippen LogP contribution in [-0.2, 0) is 0 Å². The van der Waals surface area contributed by atoms with Gasteiger partial charge in [0.05, 0.1) is 0 Å². The summed E-state index contributed by atoms with van der Waals surface area (Å²) in [7, 11) is 0. The van der Waals surface area contributed by atoms with E-state index >= 15 is 0 Å². The summed E-state index contributed by atoms with van der Waals surface area (Å²) in [6.07, 6.45) is 0.973. The summed E-state index contributed by atoms with van der Waals surface area (Å²) < 4.78 is 0. The normalized spacial score (nSPS) is 9.50. The smallest absolute Gasteiger partial charge is 0.314 e. The Labute approximate surface area is 78.6 Å². The Morgan fingerprint density at radius 2 is 1.83 bits per heavy atom. The average Bonchev–Trinajstić information content (AvgIpc) is 2.09. The van der Waals surface area contributed by atoms with Crippen LogP contribution in [0.1, 0.15) is 24.5 Å². The lowest BCUT2D eigenvalue weighted by atomic mass is 10.5. The minimum absolute atomic E-state index is 0. The molecule has 4 nitrogen and oxygen atoms in total. The summed E-state index contributed by atoms with van der Waals surface area (Å²) >= 11 is 0. The zero-order chi connectivity index (χ0) is 9.23. The fourth-order valence-electron chi connectivity index (χ4n) is 0.742. The van der Waals surface area contributed by atoms with E-state index in [1.807, 2.05) is 13.8 Å². The molecule has 0 aliphatic rings. The van der Waals surface area contributed by atoms with Gasteiger partial charge in [-0.2, -0.15) is 0 Å². The molecule has 0 bridgehead atoms. The van der Waals surface area contributed by atoms with Crippen molar-refractivity contribution in [2.75, 3.05) is 26.2 Å². The zero-order valence-electron chi connectivity index (χ0n) is 7.94. The Balaban J connectivity index is -0.000000202. The van der Waals surface area contributed by atoms with Crippen LogP contribution in [0.25, 0.3) is 0 Å². The fourth-order valence-corrected chi connectivity index (χ4v) is 0.742. The third-order valence-corrected chi connectivity index (χ3v) is 1.37. The topological polar surface area (TPSA) is 53.2 Å². The van der Waals surface area contributed by atoms with Gasteiger partial charge in [-0.25, -0.2) is 4.79 Å². The van der Waals surface area contributed by atoms with Gasteiger partial charge in [0, 0.05) is 23.9 Å². The quantitative estimate of drug-likeness (QED) is 0.534. The van der Waals surface area contributed by atoms with Gasteiger partial charge in [0.15, 0.2) is 0 Å². The highest BCUT2D eigenvalue weighted by Crippen LogP contribution is 1.70. The van der Waals surface area contributed by atoms with E-state index in [2.05, 4.69) is 16.0 Å². The lowest BCUT2D eigenvalue weighted by Crippen LogP contribution is -2.39. The van der Waals surface area contributed by atoms with Gasteiger partial charge in [0.1, 0.15) is 0 Å². The summed E-state index contributed by atoms with van der Waals surface area (Å²) in [5.41, 5.74) is 0. The van der Waals surface area contributed by atoms with E-state index in [-0.39, 0.29) is 10.3 Å². The predicted molar refractivity (Wildman–Crippen MR) is 56.6 cm³/mol. The monoisotopic (exact) mass is 179 g/mol. The number of rotatable bonds is 6. The van der Waals surface area contributed by atoms with Crippen LogP contribution in [-0.4, -0.2) is 32.2 Å². The highest BCUT2D eigenvalue weighted by atomic mass is 16.2. The summed E-state index contributed by atoms with van der Waals surface area (Å²) in [6.45, 7) is 7.26. The molecule has 2 amide bonds. The van der Waals surface area contributed by atoms with Crippen LogP contribution < -0.4 is 16.0 Å². The number of amides is 2. The maximum Gasteiger partial charge on any atom is 0.314 e. The van der Waals surface area contributed by atoms with Gasteiger partial charge < -0.3 is 16.0 Å². The van der Waals surface area contributed by atoms with Gasteiger partial charge >= 0.3 is 6.03 Å². The maximum atomic E-state index is 10.9. The first-order valence-corrected chi connectivity index (χ1v) is 4.53. The zero-order valence-corrected chi connectivity index (χ0v) is 7.94. The van der Waals surface area contributed by atoms with Crippen LogP contribution in [0.4, 0.5) is 4.79 Å². The molecule has 0 aliphatic heterocycles. The Morgan fingerprint density at radius 3 is 2.42 bits per heavy atom. The number of hydrogen-bond acceptors (Lipinski definition) is 2. The Kier molecular flexibility index (Phi) is 7.79. The number of carbonyl (C=O) groups is 1. The molecule has 0 atom stereocenters. The molecule has 0 saturated carbocycles. The van der Waals surface area contributed by atoms with Crippen molar-refractivity contribution in [3.8, 4) is 0 Å². The molecule has 12 heavy (non-hydrogen) atoms. The Morgan fingerprint density at radius 1 is 1.17 bits per heavy atom. The van der Waals surface area contributed by atoms with Crippen molar-refractivity contribution in [2.45, 2.75) is 20.3 Å². The molecule has 0 spiro atoms. The molecule has 0 heterocycles. The molecule has 0 aromatic carbocycles. The Hall–Kier alpha value is -0.770. The minimum atomic E-state index is -0.0743. The van der Waals surface area contributed by atoms with E-state index < -0.39 is 0 Å². The van der Waals surface area contributed by atoms with Crippen molar-refractivity contribution in [2.24, 2.45) is 0 Å². The molecule has 0 unspecified atom stereocenters. The molecule has 0 aromatic heterocycles. The number of urea groups is 1. The van der Waals surface area contributed by atoms with Crippen molar-refractivity contribution in [1.82, 2.24) is 16.0 Å². The molecule has 4 heteroatoms. The second-order valence-electron chi connectivity index (χ2n) is 2.54. The van der Waals surface area contributed by atoms with E-state index in [0.29, 0.717) is 6.54 Å². The Bertz CT molecular complexity index is 128.